The molecule has 0 bridgehead atoms. The molecule has 19 heavy (non-hydrogen) atoms. The van der Waals surface area contributed by atoms with E-state index in [4.69, 9.17) is 0 Å². The van der Waals surface area contributed by atoms with Gasteiger partial charge in [-0.15, -0.1) is 0 Å². The SMILES string of the molecule is CCNC(=NCc1ccsc1)NCC(C)C(=O)OC. The first-order valence-corrected chi connectivity index (χ1v) is 7.22. The van der Waals surface area contributed by atoms with Gasteiger partial charge in [-0.1, -0.05) is 6.92 Å². The molecule has 0 fully saturated rings. The summed E-state index contributed by atoms with van der Waals surface area (Å²) >= 11 is 1.66. The lowest BCUT2D eigenvalue weighted by Gasteiger charge is -2.14. The normalized spacial score (nSPS) is 12.9. The van der Waals surface area contributed by atoms with Crippen molar-refractivity contribution in [1.82, 2.24) is 10.6 Å². The minimum absolute atomic E-state index is 0.199. The highest BCUT2D eigenvalue weighted by atomic mass is 32.1. The Morgan fingerprint density at radius 2 is 2.32 bits per heavy atom. The highest BCUT2D eigenvalue weighted by molar-refractivity contribution is 7.07. The molecule has 0 saturated carbocycles. The quantitative estimate of drug-likeness (QED) is 0.473. The highest BCUT2D eigenvalue weighted by Gasteiger charge is 2.13. The number of esters is 1. The van der Waals surface area contributed by atoms with Crippen molar-refractivity contribution < 1.29 is 9.53 Å². The molecule has 106 valence electrons. The molecule has 0 amide bonds. The van der Waals surface area contributed by atoms with Crippen molar-refractivity contribution in [3.8, 4) is 0 Å². The largest absolute Gasteiger partial charge is 0.469 e. The molecule has 0 aliphatic carbocycles. The van der Waals surface area contributed by atoms with Crippen molar-refractivity contribution in [2.75, 3.05) is 20.2 Å². The molecular formula is C13H21N3O2S. The van der Waals surface area contributed by atoms with Crippen LogP contribution in [-0.4, -0.2) is 32.1 Å². The van der Waals surface area contributed by atoms with Gasteiger partial charge in [-0.25, -0.2) is 4.99 Å². The molecule has 1 aromatic heterocycles. The van der Waals surface area contributed by atoms with Crippen molar-refractivity contribution in [2.45, 2.75) is 20.4 Å². The summed E-state index contributed by atoms with van der Waals surface area (Å²) in [6.45, 7) is 5.74. The first-order chi connectivity index (χ1) is 9.17. The van der Waals surface area contributed by atoms with E-state index in [9.17, 15) is 4.79 Å². The lowest BCUT2D eigenvalue weighted by Crippen LogP contribution is -2.40. The third-order valence-electron chi connectivity index (χ3n) is 2.52. The van der Waals surface area contributed by atoms with Crippen LogP contribution >= 0.6 is 11.3 Å². The van der Waals surface area contributed by atoms with Crippen LogP contribution in [0.25, 0.3) is 0 Å². The molecule has 1 aromatic rings. The van der Waals surface area contributed by atoms with Gasteiger partial charge in [-0.2, -0.15) is 11.3 Å². The number of hydrogen-bond donors (Lipinski definition) is 2. The summed E-state index contributed by atoms with van der Waals surface area (Å²) in [4.78, 5) is 15.8. The third-order valence-corrected chi connectivity index (χ3v) is 3.26. The van der Waals surface area contributed by atoms with Crippen LogP contribution in [0.1, 0.15) is 19.4 Å². The zero-order chi connectivity index (χ0) is 14.1. The molecule has 1 heterocycles. The number of nitrogens with zero attached hydrogens (tertiary/aromatic N) is 1. The van der Waals surface area contributed by atoms with Gasteiger partial charge in [0.15, 0.2) is 5.96 Å². The van der Waals surface area contributed by atoms with E-state index in [1.165, 1.54) is 12.7 Å². The van der Waals surface area contributed by atoms with E-state index in [2.05, 4.69) is 31.8 Å². The van der Waals surface area contributed by atoms with Crippen molar-refractivity contribution in [3.05, 3.63) is 22.4 Å². The Hall–Kier alpha value is -1.56. The van der Waals surface area contributed by atoms with Crippen molar-refractivity contribution in [1.29, 1.82) is 0 Å². The number of thiophene rings is 1. The van der Waals surface area contributed by atoms with Crippen LogP contribution in [0.5, 0.6) is 0 Å². The Morgan fingerprint density at radius 1 is 1.53 bits per heavy atom. The Labute approximate surface area is 118 Å². The Kier molecular flexibility index (Phi) is 6.95. The van der Waals surface area contributed by atoms with Gasteiger partial charge in [0.1, 0.15) is 0 Å². The maximum atomic E-state index is 11.3. The van der Waals surface area contributed by atoms with Gasteiger partial charge < -0.3 is 15.4 Å². The molecule has 1 rings (SSSR count). The predicted molar refractivity (Wildman–Crippen MR) is 78.3 cm³/mol. The number of guanidine groups is 1. The Bertz CT molecular complexity index is 404. The smallest absolute Gasteiger partial charge is 0.310 e. The second-order valence-corrected chi connectivity index (χ2v) is 4.91. The van der Waals surface area contributed by atoms with Crippen LogP contribution in [0.15, 0.2) is 21.8 Å². The fourth-order valence-corrected chi connectivity index (χ4v) is 2.09. The molecule has 2 N–H and O–H groups in total. The lowest BCUT2D eigenvalue weighted by atomic mass is 10.2. The van der Waals surface area contributed by atoms with Crippen LogP contribution in [0, 0.1) is 5.92 Å². The summed E-state index contributed by atoms with van der Waals surface area (Å²) in [5.41, 5.74) is 1.18. The minimum atomic E-state index is -0.221. The van der Waals surface area contributed by atoms with E-state index in [1.54, 1.807) is 11.3 Å². The van der Waals surface area contributed by atoms with E-state index < -0.39 is 0 Å². The number of aliphatic imine (C=N–C) groups is 1. The van der Waals surface area contributed by atoms with Crippen LogP contribution in [-0.2, 0) is 16.1 Å². The van der Waals surface area contributed by atoms with Gasteiger partial charge in [0.2, 0.25) is 0 Å². The summed E-state index contributed by atoms with van der Waals surface area (Å²) in [5, 5.41) is 10.4. The number of ether oxygens (including phenoxy) is 1. The average molecular weight is 283 g/mol. The number of carbonyl (C=O) groups is 1. The number of carbonyl (C=O) groups excluding carboxylic acids is 1. The summed E-state index contributed by atoms with van der Waals surface area (Å²) < 4.78 is 4.69. The summed E-state index contributed by atoms with van der Waals surface area (Å²) in [6.07, 6.45) is 0. The van der Waals surface area contributed by atoms with Gasteiger partial charge in [-0.05, 0) is 29.3 Å². The second kappa shape index (κ2) is 8.53. The van der Waals surface area contributed by atoms with Crippen molar-refractivity contribution in [2.24, 2.45) is 10.9 Å². The molecule has 1 unspecified atom stereocenters. The first-order valence-electron chi connectivity index (χ1n) is 6.28. The fraction of sp³-hybridized carbons (Fsp3) is 0.538. The molecule has 0 aliphatic rings. The lowest BCUT2D eigenvalue weighted by molar-refractivity contribution is -0.144. The standard InChI is InChI=1S/C13H21N3O2S/c1-4-14-13(15-7-10(2)12(17)18-3)16-8-11-5-6-19-9-11/h5-6,9-10H,4,7-8H2,1-3H3,(H2,14,15,16). The van der Waals surface area contributed by atoms with Crippen molar-refractivity contribution in [3.63, 3.8) is 0 Å². The molecule has 0 saturated heterocycles. The molecule has 0 aliphatic heterocycles. The average Bonchev–Trinajstić information content (AvgIpc) is 2.93. The van der Waals surface area contributed by atoms with Gasteiger partial charge in [0, 0.05) is 13.1 Å². The number of methoxy groups -OCH3 is 1. The predicted octanol–water partition coefficient (Wildman–Crippen LogP) is 1.61. The zero-order valence-electron chi connectivity index (χ0n) is 11.6. The van der Waals surface area contributed by atoms with Crippen LogP contribution in [0.4, 0.5) is 0 Å². The molecular weight excluding hydrogens is 262 g/mol. The van der Waals surface area contributed by atoms with E-state index in [0.717, 1.165) is 6.54 Å². The maximum Gasteiger partial charge on any atom is 0.310 e. The molecule has 0 aromatic carbocycles. The molecule has 6 heteroatoms. The van der Waals surface area contributed by atoms with Crippen LogP contribution in [0.3, 0.4) is 0 Å². The number of hydrogen-bond acceptors (Lipinski definition) is 4. The topological polar surface area (TPSA) is 62.7 Å². The van der Waals surface area contributed by atoms with Gasteiger partial charge in [0.05, 0.1) is 19.6 Å². The van der Waals surface area contributed by atoms with E-state index in [-0.39, 0.29) is 11.9 Å². The molecule has 0 radical (unpaired) electrons. The zero-order valence-corrected chi connectivity index (χ0v) is 12.4. The fourth-order valence-electron chi connectivity index (χ4n) is 1.43. The molecule has 0 spiro atoms. The van der Waals surface area contributed by atoms with Crippen LogP contribution in [0.2, 0.25) is 0 Å². The van der Waals surface area contributed by atoms with Gasteiger partial charge >= 0.3 is 5.97 Å². The van der Waals surface area contributed by atoms with E-state index >= 15 is 0 Å². The number of rotatable bonds is 6. The van der Waals surface area contributed by atoms with E-state index in [1.807, 2.05) is 19.2 Å². The molecule has 5 nitrogen and oxygen atoms in total. The Morgan fingerprint density at radius 3 is 2.89 bits per heavy atom. The third kappa shape index (κ3) is 5.74. The van der Waals surface area contributed by atoms with Crippen LogP contribution < -0.4 is 10.6 Å². The summed E-state index contributed by atoms with van der Waals surface area (Å²) in [5.74, 6) is 0.292. The second-order valence-electron chi connectivity index (χ2n) is 4.13. The Balaban J connectivity index is 2.47. The van der Waals surface area contributed by atoms with Gasteiger partial charge in [0.25, 0.3) is 0 Å². The maximum absolute atomic E-state index is 11.3. The van der Waals surface area contributed by atoms with Gasteiger partial charge in [-0.3, -0.25) is 4.79 Å². The highest BCUT2D eigenvalue weighted by Crippen LogP contribution is 2.06. The summed E-state index contributed by atoms with van der Waals surface area (Å²) in [7, 11) is 1.40. The monoisotopic (exact) mass is 283 g/mol. The number of nitrogens with one attached hydrogen (secondary N) is 2. The van der Waals surface area contributed by atoms with E-state index in [0.29, 0.717) is 19.0 Å². The first kappa shape index (κ1) is 15.5. The van der Waals surface area contributed by atoms with Crippen molar-refractivity contribution >= 4 is 23.3 Å². The summed E-state index contributed by atoms with van der Waals surface area (Å²) in [6, 6.07) is 2.05. The minimum Gasteiger partial charge on any atom is -0.469 e. The molecule has 1 atom stereocenters.